The first kappa shape index (κ1) is 19.6. The summed E-state index contributed by atoms with van der Waals surface area (Å²) in [6.07, 6.45) is 2.85. The van der Waals surface area contributed by atoms with Gasteiger partial charge in [0.25, 0.3) is 0 Å². The highest BCUT2D eigenvalue weighted by atomic mass is 35.5. The second-order valence-corrected chi connectivity index (χ2v) is 9.44. The maximum Gasteiger partial charge on any atom is 0.194 e. The lowest BCUT2D eigenvalue weighted by molar-refractivity contribution is 0.173. The molecule has 0 saturated carbocycles. The number of rotatable bonds is 6. The van der Waals surface area contributed by atoms with Crippen molar-refractivity contribution in [3.05, 3.63) is 37.4 Å². The van der Waals surface area contributed by atoms with Crippen LogP contribution in [0.1, 0.15) is 21.7 Å². The van der Waals surface area contributed by atoms with E-state index in [1.54, 1.807) is 22.7 Å². The van der Waals surface area contributed by atoms with Gasteiger partial charge in [-0.25, -0.2) is 4.98 Å². The molecule has 0 unspecified atom stereocenters. The summed E-state index contributed by atoms with van der Waals surface area (Å²) in [6.45, 7) is 11.0. The number of nitrogens with one attached hydrogen (secondary N) is 1. The van der Waals surface area contributed by atoms with Crippen LogP contribution in [0.25, 0.3) is 0 Å². The van der Waals surface area contributed by atoms with Crippen molar-refractivity contribution in [3.8, 4) is 0 Å². The third-order valence-electron chi connectivity index (χ3n) is 4.27. The number of piperazine rings is 1. The van der Waals surface area contributed by atoms with Gasteiger partial charge in [0.15, 0.2) is 5.96 Å². The molecule has 1 aliphatic heterocycles. The van der Waals surface area contributed by atoms with Crippen LogP contribution in [-0.4, -0.2) is 60.0 Å². The molecule has 0 bridgehead atoms. The Morgan fingerprint density at radius 3 is 2.69 bits per heavy atom. The Balaban J connectivity index is 1.49. The third-order valence-corrected chi connectivity index (χ3v) is 6.46. The number of nitrogens with zero attached hydrogens (tertiary/aromatic N) is 4. The van der Waals surface area contributed by atoms with E-state index >= 15 is 0 Å². The highest BCUT2D eigenvalue weighted by Gasteiger charge is 2.20. The molecule has 2 aromatic heterocycles. The minimum atomic E-state index is 0.781. The second-order valence-electron chi connectivity index (χ2n) is 6.32. The van der Waals surface area contributed by atoms with Gasteiger partial charge in [0.1, 0.15) is 0 Å². The highest BCUT2D eigenvalue weighted by molar-refractivity contribution is 7.16. The Morgan fingerprint density at radius 2 is 2.08 bits per heavy atom. The summed E-state index contributed by atoms with van der Waals surface area (Å²) >= 11 is 9.47. The zero-order chi connectivity index (χ0) is 18.4. The summed E-state index contributed by atoms with van der Waals surface area (Å²) in [5.41, 5.74) is 0. The molecule has 1 aliphatic rings. The molecule has 1 N–H and O–H groups in total. The summed E-state index contributed by atoms with van der Waals surface area (Å²) < 4.78 is 0.871. The van der Waals surface area contributed by atoms with Gasteiger partial charge in [0, 0.05) is 68.2 Å². The predicted molar refractivity (Wildman–Crippen MR) is 113 cm³/mol. The maximum atomic E-state index is 6.04. The van der Waals surface area contributed by atoms with Crippen LogP contribution >= 0.6 is 34.3 Å². The molecule has 2 aromatic rings. The summed E-state index contributed by atoms with van der Waals surface area (Å²) in [5, 5.41) is 4.60. The van der Waals surface area contributed by atoms with Gasteiger partial charge in [-0.15, -0.1) is 22.7 Å². The number of aromatic nitrogens is 1. The number of aliphatic imine (C=N–C) groups is 1. The highest BCUT2D eigenvalue weighted by Crippen LogP contribution is 2.23. The van der Waals surface area contributed by atoms with E-state index in [0.717, 1.165) is 62.5 Å². The van der Waals surface area contributed by atoms with Gasteiger partial charge in [-0.2, -0.15) is 0 Å². The van der Waals surface area contributed by atoms with E-state index < -0.39 is 0 Å². The fourth-order valence-corrected chi connectivity index (χ4v) is 4.88. The molecule has 3 heterocycles. The maximum absolute atomic E-state index is 6.04. The van der Waals surface area contributed by atoms with Gasteiger partial charge in [-0.1, -0.05) is 11.6 Å². The van der Waals surface area contributed by atoms with Crippen LogP contribution in [0, 0.1) is 6.92 Å². The minimum absolute atomic E-state index is 0.781. The molecule has 142 valence electrons. The predicted octanol–water partition coefficient (Wildman–Crippen LogP) is 3.49. The molecule has 0 aliphatic carbocycles. The van der Waals surface area contributed by atoms with E-state index in [4.69, 9.17) is 16.6 Å². The molecule has 5 nitrogen and oxygen atoms in total. The lowest BCUT2D eigenvalue weighted by Gasteiger charge is -2.36. The van der Waals surface area contributed by atoms with Gasteiger partial charge < -0.3 is 10.2 Å². The minimum Gasteiger partial charge on any atom is -0.357 e. The molecule has 0 spiro atoms. The van der Waals surface area contributed by atoms with Crippen molar-refractivity contribution in [2.24, 2.45) is 4.99 Å². The number of thiophene rings is 1. The van der Waals surface area contributed by atoms with Crippen LogP contribution < -0.4 is 5.32 Å². The average Bonchev–Trinajstić information content (AvgIpc) is 3.23. The quantitative estimate of drug-likeness (QED) is 0.583. The fourth-order valence-electron chi connectivity index (χ4n) is 2.98. The van der Waals surface area contributed by atoms with E-state index in [0.29, 0.717) is 0 Å². The van der Waals surface area contributed by atoms with Gasteiger partial charge in [-0.05, 0) is 26.0 Å². The Bertz CT molecular complexity index is 719. The molecule has 3 rings (SSSR count). The van der Waals surface area contributed by atoms with Crippen LogP contribution in [-0.2, 0) is 13.0 Å². The molecule has 1 saturated heterocycles. The smallest absolute Gasteiger partial charge is 0.194 e. The molecule has 0 atom stereocenters. The van der Waals surface area contributed by atoms with Gasteiger partial charge >= 0.3 is 0 Å². The Hall–Kier alpha value is -1.15. The number of hydrogen-bond acceptors (Lipinski definition) is 5. The summed E-state index contributed by atoms with van der Waals surface area (Å²) in [5.74, 6) is 1.03. The third kappa shape index (κ3) is 5.67. The van der Waals surface area contributed by atoms with E-state index in [1.165, 1.54) is 14.8 Å². The molecule has 0 radical (unpaired) electrons. The molecular formula is C18H26ClN5S2. The molecular weight excluding hydrogens is 386 g/mol. The Morgan fingerprint density at radius 1 is 1.27 bits per heavy atom. The zero-order valence-electron chi connectivity index (χ0n) is 15.4. The standard InChI is InChI=1S/C18H26ClN5S2/c1-3-20-18(21-7-6-17-22-12-14(2)25-17)24-10-8-23(9-11-24)13-15-4-5-16(19)26-15/h4-5,12H,3,6-11,13H2,1-2H3,(H,20,21). The molecule has 0 amide bonds. The van der Waals surface area contributed by atoms with E-state index in [9.17, 15) is 0 Å². The van der Waals surface area contributed by atoms with Crippen LogP contribution in [0.4, 0.5) is 0 Å². The number of hydrogen-bond donors (Lipinski definition) is 1. The van der Waals surface area contributed by atoms with Gasteiger partial charge in [-0.3, -0.25) is 9.89 Å². The van der Waals surface area contributed by atoms with Crippen molar-refractivity contribution in [3.63, 3.8) is 0 Å². The average molecular weight is 412 g/mol. The van der Waals surface area contributed by atoms with Crippen molar-refractivity contribution in [2.75, 3.05) is 39.3 Å². The number of guanidine groups is 1. The summed E-state index contributed by atoms with van der Waals surface area (Å²) in [4.78, 5) is 16.7. The Labute approximate surface area is 168 Å². The first-order valence-corrected chi connectivity index (χ1v) is 11.1. The number of aryl methyl sites for hydroxylation is 1. The number of halogens is 1. The second kappa shape index (κ2) is 9.69. The topological polar surface area (TPSA) is 43.8 Å². The van der Waals surface area contributed by atoms with Crippen molar-refractivity contribution in [1.82, 2.24) is 20.1 Å². The van der Waals surface area contributed by atoms with Gasteiger partial charge in [0.2, 0.25) is 0 Å². The molecule has 1 fully saturated rings. The SMILES string of the molecule is CCNC(=NCCc1ncc(C)s1)N1CCN(Cc2ccc(Cl)s2)CC1. The summed E-state index contributed by atoms with van der Waals surface area (Å²) in [6, 6.07) is 4.11. The molecule has 26 heavy (non-hydrogen) atoms. The largest absolute Gasteiger partial charge is 0.357 e. The van der Waals surface area contributed by atoms with Gasteiger partial charge in [0.05, 0.1) is 9.34 Å². The summed E-state index contributed by atoms with van der Waals surface area (Å²) in [7, 11) is 0. The first-order valence-electron chi connectivity index (χ1n) is 9.05. The van der Waals surface area contributed by atoms with Crippen molar-refractivity contribution in [2.45, 2.75) is 26.8 Å². The van der Waals surface area contributed by atoms with Crippen molar-refractivity contribution in [1.29, 1.82) is 0 Å². The molecule has 8 heteroatoms. The van der Waals surface area contributed by atoms with Crippen LogP contribution in [0.2, 0.25) is 4.34 Å². The van der Waals surface area contributed by atoms with Crippen molar-refractivity contribution >= 4 is 40.2 Å². The van der Waals surface area contributed by atoms with E-state index in [2.05, 4.69) is 40.0 Å². The van der Waals surface area contributed by atoms with E-state index in [-0.39, 0.29) is 0 Å². The first-order chi connectivity index (χ1) is 12.6. The number of thiazole rings is 1. The van der Waals surface area contributed by atoms with Crippen LogP contribution in [0.3, 0.4) is 0 Å². The zero-order valence-corrected chi connectivity index (χ0v) is 17.8. The lowest BCUT2D eigenvalue weighted by Crippen LogP contribution is -2.52. The Kier molecular flexibility index (Phi) is 7.31. The van der Waals surface area contributed by atoms with Crippen molar-refractivity contribution < 1.29 is 0 Å². The molecule has 0 aromatic carbocycles. The monoisotopic (exact) mass is 411 g/mol. The van der Waals surface area contributed by atoms with E-state index in [1.807, 2.05) is 12.3 Å². The van der Waals surface area contributed by atoms with Crippen LogP contribution in [0.15, 0.2) is 23.3 Å². The normalized spacial score (nSPS) is 16.3. The van der Waals surface area contributed by atoms with Crippen LogP contribution in [0.5, 0.6) is 0 Å². The lowest BCUT2D eigenvalue weighted by atomic mass is 10.3. The fraction of sp³-hybridized carbons (Fsp3) is 0.556.